The maximum absolute atomic E-state index is 12.4. The zero-order chi connectivity index (χ0) is 14.6. The van der Waals surface area contributed by atoms with Crippen LogP contribution >= 0.6 is 0 Å². The van der Waals surface area contributed by atoms with Crippen molar-refractivity contribution in [3.63, 3.8) is 0 Å². The normalized spacial score (nSPS) is 16.4. The Morgan fingerprint density at radius 3 is 2.35 bits per heavy atom. The molecule has 108 valence electrons. The molecule has 0 aliphatic heterocycles. The van der Waals surface area contributed by atoms with E-state index in [0.717, 1.165) is 24.8 Å². The van der Waals surface area contributed by atoms with Gasteiger partial charge in [0.1, 0.15) is 0 Å². The van der Waals surface area contributed by atoms with Crippen LogP contribution in [0.5, 0.6) is 0 Å². The summed E-state index contributed by atoms with van der Waals surface area (Å²) in [6, 6.07) is 9.93. The molecule has 4 nitrogen and oxygen atoms in total. The molecule has 0 bridgehead atoms. The van der Waals surface area contributed by atoms with Crippen molar-refractivity contribution < 1.29 is 9.59 Å². The summed E-state index contributed by atoms with van der Waals surface area (Å²) in [5.74, 6) is -0.176. The van der Waals surface area contributed by atoms with Crippen LogP contribution in [0, 0.1) is 0 Å². The van der Waals surface area contributed by atoms with Crippen molar-refractivity contribution in [2.24, 2.45) is 0 Å². The van der Waals surface area contributed by atoms with Crippen molar-refractivity contribution in [2.75, 3.05) is 6.54 Å². The molecule has 0 spiro atoms. The molecule has 4 heteroatoms. The van der Waals surface area contributed by atoms with E-state index in [9.17, 15) is 9.59 Å². The molecule has 0 heterocycles. The van der Waals surface area contributed by atoms with Crippen LogP contribution < -0.4 is 10.6 Å². The van der Waals surface area contributed by atoms with Crippen LogP contribution in [-0.4, -0.2) is 24.4 Å². The lowest BCUT2D eigenvalue weighted by Gasteiger charge is -2.40. The Morgan fingerprint density at radius 2 is 1.85 bits per heavy atom. The summed E-state index contributed by atoms with van der Waals surface area (Å²) in [5.41, 5.74) is 0.618. The van der Waals surface area contributed by atoms with Gasteiger partial charge in [0, 0.05) is 6.04 Å². The molecule has 1 saturated carbocycles. The lowest BCUT2D eigenvalue weighted by Crippen LogP contribution is -2.51. The van der Waals surface area contributed by atoms with E-state index in [1.54, 1.807) is 0 Å². The van der Waals surface area contributed by atoms with E-state index in [0.29, 0.717) is 0 Å². The van der Waals surface area contributed by atoms with Crippen LogP contribution in [0.2, 0.25) is 0 Å². The number of carbonyl (C=O) groups is 2. The Hall–Kier alpha value is -1.84. The molecule has 1 aromatic carbocycles. The molecule has 0 radical (unpaired) electrons. The van der Waals surface area contributed by atoms with E-state index in [4.69, 9.17) is 0 Å². The average molecular weight is 274 g/mol. The molecule has 1 aromatic rings. The first-order valence-electron chi connectivity index (χ1n) is 7.18. The molecule has 2 rings (SSSR count). The monoisotopic (exact) mass is 274 g/mol. The van der Waals surface area contributed by atoms with Crippen LogP contribution in [0.3, 0.4) is 0 Å². The summed E-state index contributed by atoms with van der Waals surface area (Å²) in [6.07, 6.45) is 2.77. The van der Waals surface area contributed by atoms with E-state index < -0.39 is 5.41 Å². The molecule has 1 aliphatic rings. The van der Waals surface area contributed by atoms with E-state index in [1.165, 1.54) is 0 Å². The Labute approximate surface area is 119 Å². The second-order valence-corrected chi connectivity index (χ2v) is 5.71. The number of amides is 2. The Morgan fingerprint density at radius 1 is 1.20 bits per heavy atom. The van der Waals surface area contributed by atoms with E-state index >= 15 is 0 Å². The third kappa shape index (κ3) is 3.00. The van der Waals surface area contributed by atoms with Gasteiger partial charge in [-0.15, -0.1) is 0 Å². The first-order valence-corrected chi connectivity index (χ1v) is 7.18. The van der Waals surface area contributed by atoms with Crippen LogP contribution in [0.25, 0.3) is 0 Å². The number of carbonyl (C=O) groups excluding carboxylic acids is 2. The molecule has 2 N–H and O–H groups in total. The fourth-order valence-electron chi connectivity index (χ4n) is 2.64. The first kappa shape index (κ1) is 14.6. The highest BCUT2D eigenvalue weighted by atomic mass is 16.2. The van der Waals surface area contributed by atoms with Gasteiger partial charge in [-0.2, -0.15) is 0 Å². The topological polar surface area (TPSA) is 58.2 Å². The predicted octanol–water partition coefficient (Wildman–Crippen LogP) is 1.75. The fraction of sp³-hybridized carbons (Fsp3) is 0.500. The minimum absolute atomic E-state index is 0.0335. The van der Waals surface area contributed by atoms with Gasteiger partial charge in [0.2, 0.25) is 11.8 Å². The fourth-order valence-corrected chi connectivity index (χ4v) is 2.64. The Balaban J connectivity index is 1.98. The summed E-state index contributed by atoms with van der Waals surface area (Å²) in [7, 11) is 0. The molecule has 0 aromatic heterocycles. The van der Waals surface area contributed by atoms with Gasteiger partial charge in [-0.1, -0.05) is 36.8 Å². The molecular weight excluding hydrogens is 252 g/mol. The molecule has 2 amide bonds. The van der Waals surface area contributed by atoms with Crippen molar-refractivity contribution in [3.05, 3.63) is 35.9 Å². The minimum atomic E-state index is -0.431. The van der Waals surface area contributed by atoms with Gasteiger partial charge in [0.15, 0.2) is 0 Å². The predicted molar refractivity (Wildman–Crippen MR) is 78.3 cm³/mol. The lowest BCUT2D eigenvalue weighted by molar-refractivity contribution is -0.132. The Kier molecular flexibility index (Phi) is 4.42. The summed E-state index contributed by atoms with van der Waals surface area (Å²) in [4.78, 5) is 24.0. The van der Waals surface area contributed by atoms with Crippen molar-refractivity contribution in [3.8, 4) is 0 Å². The van der Waals surface area contributed by atoms with Crippen LogP contribution in [-0.2, 0) is 15.0 Å². The van der Waals surface area contributed by atoms with Crippen LogP contribution in [0.15, 0.2) is 30.3 Å². The minimum Gasteiger partial charge on any atom is -0.352 e. The Bertz CT molecular complexity index is 479. The van der Waals surface area contributed by atoms with Gasteiger partial charge in [-0.3, -0.25) is 9.59 Å². The van der Waals surface area contributed by atoms with Crippen molar-refractivity contribution in [1.29, 1.82) is 0 Å². The smallest absolute Gasteiger partial charge is 0.239 e. The highest BCUT2D eigenvalue weighted by Gasteiger charge is 2.45. The first-order chi connectivity index (χ1) is 9.54. The number of hydrogen-bond acceptors (Lipinski definition) is 2. The number of nitrogens with one attached hydrogen (secondary N) is 2. The standard InChI is InChI=1S/C16H22N2O2/c1-12(2)18-14(19)11-17-15(20)16(9-6-10-16)13-7-4-3-5-8-13/h3-5,7-8,12H,6,9-11H2,1-2H3,(H,17,20)(H,18,19). The van der Waals surface area contributed by atoms with Crippen LogP contribution in [0.1, 0.15) is 38.7 Å². The SMILES string of the molecule is CC(C)NC(=O)CNC(=O)C1(c2ccccc2)CCC1. The summed E-state index contributed by atoms with van der Waals surface area (Å²) in [5, 5.41) is 5.55. The summed E-state index contributed by atoms with van der Waals surface area (Å²) < 4.78 is 0. The maximum Gasteiger partial charge on any atom is 0.239 e. The van der Waals surface area contributed by atoms with Gasteiger partial charge in [-0.05, 0) is 32.3 Å². The van der Waals surface area contributed by atoms with Gasteiger partial charge in [0.25, 0.3) is 0 Å². The van der Waals surface area contributed by atoms with Crippen molar-refractivity contribution >= 4 is 11.8 Å². The third-order valence-electron chi connectivity index (χ3n) is 3.83. The third-order valence-corrected chi connectivity index (χ3v) is 3.83. The number of hydrogen-bond donors (Lipinski definition) is 2. The average Bonchev–Trinajstić information content (AvgIpc) is 2.35. The van der Waals surface area contributed by atoms with Gasteiger partial charge >= 0.3 is 0 Å². The molecule has 0 atom stereocenters. The molecule has 1 fully saturated rings. The second-order valence-electron chi connectivity index (χ2n) is 5.71. The number of benzene rings is 1. The van der Waals surface area contributed by atoms with E-state index in [2.05, 4.69) is 10.6 Å². The van der Waals surface area contributed by atoms with Crippen molar-refractivity contribution in [1.82, 2.24) is 10.6 Å². The molecule has 0 unspecified atom stereocenters. The van der Waals surface area contributed by atoms with Gasteiger partial charge in [0.05, 0.1) is 12.0 Å². The lowest BCUT2D eigenvalue weighted by atomic mass is 9.64. The number of rotatable bonds is 5. The zero-order valence-corrected chi connectivity index (χ0v) is 12.1. The molecular formula is C16H22N2O2. The molecule has 1 aliphatic carbocycles. The molecule has 20 heavy (non-hydrogen) atoms. The maximum atomic E-state index is 12.4. The van der Waals surface area contributed by atoms with Crippen molar-refractivity contribution in [2.45, 2.75) is 44.6 Å². The van der Waals surface area contributed by atoms with Gasteiger partial charge < -0.3 is 10.6 Å². The summed E-state index contributed by atoms with van der Waals surface area (Å²) in [6.45, 7) is 3.85. The van der Waals surface area contributed by atoms with E-state index in [-0.39, 0.29) is 24.4 Å². The highest BCUT2D eigenvalue weighted by Crippen LogP contribution is 2.43. The van der Waals surface area contributed by atoms with E-state index in [1.807, 2.05) is 44.2 Å². The second kappa shape index (κ2) is 6.07. The zero-order valence-electron chi connectivity index (χ0n) is 12.1. The molecule has 0 saturated heterocycles. The quantitative estimate of drug-likeness (QED) is 0.859. The van der Waals surface area contributed by atoms with Crippen LogP contribution in [0.4, 0.5) is 0 Å². The van der Waals surface area contributed by atoms with Gasteiger partial charge in [-0.25, -0.2) is 0 Å². The largest absolute Gasteiger partial charge is 0.352 e. The summed E-state index contributed by atoms with van der Waals surface area (Å²) >= 11 is 0. The highest BCUT2D eigenvalue weighted by molar-refractivity contribution is 5.92.